The van der Waals surface area contributed by atoms with E-state index in [-0.39, 0.29) is 30.2 Å². The van der Waals surface area contributed by atoms with Gasteiger partial charge in [0, 0.05) is 19.0 Å². The molecule has 1 saturated carbocycles. The summed E-state index contributed by atoms with van der Waals surface area (Å²) in [5.74, 6) is 0.892. The van der Waals surface area contributed by atoms with Crippen LogP contribution >= 0.6 is 12.4 Å². The minimum absolute atomic E-state index is 0. The lowest BCUT2D eigenvalue weighted by atomic mass is 9.84. The molecule has 0 bridgehead atoms. The maximum Gasteiger partial charge on any atom is 0.220 e. The third-order valence-corrected chi connectivity index (χ3v) is 4.45. The lowest BCUT2D eigenvalue weighted by Crippen LogP contribution is -2.45. The van der Waals surface area contributed by atoms with Crippen molar-refractivity contribution >= 4 is 18.3 Å². The molecule has 2 rings (SSSR count). The molecule has 6 heteroatoms. The molecule has 24 heavy (non-hydrogen) atoms. The fourth-order valence-corrected chi connectivity index (χ4v) is 3.14. The van der Waals surface area contributed by atoms with Crippen molar-refractivity contribution in [2.45, 2.75) is 51.0 Å². The molecule has 1 atom stereocenters. The molecule has 3 N–H and O–H groups in total. The minimum atomic E-state index is -0.285. The number of halogens is 2. The summed E-state index contributed by atoms with van der Waals surface area (Å²) in [6.07, 6.45) is 7.15. The zero-order chi connectivity index (χ0) is 16.5. The summed E-state index contributed by atoms with van der Waals surface area (Å²) in [6, 6.07) is 5.99. The van der Waals surface area contributed by atoms with E-state index < -0.39 is 0 Å². The highest BCUT2D eigenvalue weighted by atomic mass is 35.5. The SMILES string of the molecule is Cl.NCC(NC(=O)CCCOc1ccc(F)cc1)C1CCCCC1. The Kier molecular flexibility index (Phi) is 9.72. The first-order valence-electron chi connectivity index (χ1n) is 8.57. The van der Waals surface area contributed by atoms with Crippen molar-refractivity contribution in [3.05, 3.63) is 30.1 Å². The van der Waals surface area contributed by atoms with Gasteiger partial charge < -0.3 is 15.8 Å². The second kappa shape index (κ2) is 11.3. The van der Waals surface area contributed by atoms with Gasteiger partial charge in [0.15, 0.2) is 0 Å². The standard InChI is InChI=1S/C18H27FN2O2.ClH/c19-15-8-10-16(11-9-15)23-12-4-7-18(22)21-17(13-20)14-5-2-1-3-6-14;/h8-11,14,17H,1-7,12-13,20H2,(H,21,22);1H. The molecule has 1 aliphatic rings. The number of carbonyl (C=O) groups is 1. The maximum absolute atomic E-state index is 12.8. The van der Waals surface area contributed by atoms with Crippen LogP contribution in [0, 0.1) is 11.7 Å². The fraction of sp³-hybridized carbons (Fsp3) is 0.611. The summed E-state index contributed by atoms with van der Waals surface area (Å²) in [5, 5.41) is 3.07. The van der Waals surface area contributed by atoms with Crippen molar-refractivity contribution in [1.82, 2.24) is 5.32 Å². The smallest absolute Gasteiger partial charge is 0.220 e. The Hall–Kier alpha value is -1.33. The molecular weight excluding hydrogens is 331 g/mol. The zero-order valence-electron chi connectivity index (χ0n) is 14.0. The summed E-state index contributed by atoms with van der Waals surface area (Å²) in [5.41, 5.74) is 5.82. The molecule has 136 valence electrons. The van der Waals surface area contributed by atoms with E-state index in [9.17, 15) is 9.18 Å². The van der Waals surface area contributed by atoms with Crippen LogP contribution in [-0.4, -0.2) is 25.1 Å². The number of hydrogen-bond acceptors (Lipinski definition) is 3. The molecule has 1 aromatic carbocycles. The molecule has 0 aliphatic heterocycles. The summed E-state index contributed by atoms with van der Waals surface area (Å²) >= 11 is 0. The summed E-state index contributed by atoms with van der Waals surface area (Å²) in [7, 11) is 0. The van der Waals surface area contributed by atoms with E-state index in [2.05, 4.69) is 5.32 Å². The van der Waals surface area contributed by atoms with Gasteiger partial charge in [-0.05, 0) is 49.4 Å². The molecule has 0 saturated heterocycles. The van der Waals surface area contributed by atoms with E-state index in [1.54, 1.807) is 12.1 Å². The number of hydrogen-bond donors (Lipinski definition) is 2. The fourth-order valence-electron chi connectivity index (χ4n) is 3.14. The Bertz CT molecular complexity index is 478. The first-order chi connectivity index (χ1) is 11.2. The Morgan fingerprint density at radius 2 is 1.92 bits per heavy atom. The molecule has 4 nitrogen and oxygen atoms in total. The van der Waals surface area contributed by atoms with Crippen molar-refractivity contribution < 1.29 is 13.9 Å². The predicted octanol–water partition coefficient (Wildman–Crippen LogP) is 3.43. The first-order valence-corrected chi connectivity index (χ1v) is 8.57. The number of benzene rings is 1. The first kappa shape index (κ1) is 20.7. The van der Waals surface area contributed by atoms with Gasteiger partial charge in [0.1, 0.15) is 11.6 Å². The second-order valence-electron chi connectivity index (χ2n) is 6.21. The van der Waals surface area contributed by atoms with Crippen LogP contribution in [0.25, 0.3) is 0 Å². The number of nitrogens with two attached hydrogens (primary N) is 1. The number of rotatable bonds is 8. The number of ether oxygens (including phenoxy) is 1. The van der Waals surface area contributed by atoms with Crippen LogP contribution in [0.15, 0.2) is 24.3 Å². The van der Waals surface area contributed by atoms with Crippen LogP contribution in [0.3, 0.4) is 0 Å². The molecule has 0 radical (unpaired) electrons. The minimum Gasteiger partial charge on any atom is -0.494 e. The van der Waals surface area contributed by atoms with Crippen LogP contribution in [0.2, 0.25) is 0 Å². The highest BCUT2D eigenvalue weighted by Gasteiger charge is 2.23. The number of amides is 1. The molecule has 1 aliphatic carbocycles. The molecular formula is C18H28ClFN2O2. The summed E-state index contributed by atoms with van der Waals surface area (Å²) in [6.45, 7) is 0.943. The Labute approximate surface area is 149 Å². The van der Waals surface area contributed by atoms with Crippen LogP contribution in [0.4, 0.5) is 4.39 Å². The largest absolute Gasteiger partial charge is 0.494 e. The van der Waals surface area contributed by atoms with Gasteiger partial charge in [-0.25, -0.2) is 4.39 Å². The van der Waals surface area contributed by atoms with Crippen molar-refractivity contribution in [2.75, 3.05) is 13.2 Å². The van der Waals surface area contributed by atoms with Crippen molar-refractivity contribution in [2.24, 2.45) is 11.7 Å². The third kappa shape index (κ3) is 7.05. The van der Waals surface area contributed by atoms with E-state index >= 15 is 0 Å². The van der Waals surface area contributed by atoms with Crippen LogP contribution in [0.5, 0.6) is 5.75 Å². The predicted molar refractivity (Wildman–Crippen MR) is 95.9 cm³/mol. The Balaban J connectivity index is 0.00000288. The van der Waals surface area contributed by atoms with Crippen molar-refractivity contribution in [3.8, 4) is 5.75 Å². The molecule has 1 fully saturated rings. The topological polar surface area (TPSA) is 64.3 Å². The molecule has 0 spiro atoms. The highest BCUT2D eigenvalue weighted by Crippen LogP contribution is 2.26. The van der Waals surface area contributed by atoms with Gasteiger partial charge in [0.05, 0.1) is 6.61 Å². The lowest BCUT2D eigenvalue weighted by Gasteiger charge is -2.30. The molecule has 0 heterocycles. The monoisotopic (exact) mass is 358 g/mol. The van der Waals surface area contributed by atoms with Gasteiger partial charge >= 0.3 is 0 Å². The van der Waals surface area contributed by atoms with Gasteiger partial charge in [-0.15, -0.1) is 12.4 Å². The van der Waals surface area contributed by atoms with Crippen LogP contribution < -0.4 is 15.8 Å². The molecule has 1 aromatic rings. The van der Waals surface area contributed by atoms with Gasteiger partial charge in [0.2, 0.25) is 5.91 Å². The lowest BCUT2D eigenvalue weighted by molar-refractivity contribution is -0.122. The highest BCUT2D eigenvalue weighted by molar-refractivity contribution is 5.85. The Morgan fingerprint density at radius 3 is 2.54 bits per heavy atom. The van der Waals surface area contributed by atoms with E-state index in [1.165, 1.54) is 31.4 Å². The van der Waals surface area contributed by atoms with Gasteiger partial charge in [-0.2, -0.15) is 0 Å². The average Bonchev–Trinajstić information content (AvgIpc) is 2.59. The molecule has 1 amide bonds. The summed E-state index contributed by atoms with van der Waals surface area (Å²) in [4.78, 5) is 12.0. The number of nitrogens with one attached hydrogen (secondary N) is 1. The van der Waals surface area contributed by atoms with Crippen molar-refractivity contribution in [3.63, 3.8) is 0 Å². The molecule has 0 aromatic heterocycles. The van der Waals surface area contributed by atoms with Gasteiger partial charge in [-0.3, -0.25) is 4.79 Å². The Morgan fingerprint density at radius 1 is 1.25 bits per heavy atom. The quantitative estimate of drug-likeness (QED) is 0.700. The van der Waals surface area contributed by atoms with E-state index in [0.29, 0.717) is 37.7 Å². The van der Waals surface area contributed by atoms with Crippen LogP contribution in [0.1, 0.15) is 44.9 Å². The third-order valence-electron chi connectivity index (χ3n) is 4.45. The van der Waals surface area contributed by atoms with E-state index in [4.69, 9.17) is 10.5 Å². The van der Waals surface area contributed by atoms with Crippen molar-refractivity contribution in [1.29, 1.82) is 0 Å². The normalized spacial score (nSPS) is 16.1. The van der Waals surface area contributed by atoms with Gasteiger partial charge in [-0.1, -0.05) is 19.3 Å². The van der Waals surface area contributed by atoms with Gasteiger partial charge in [0.25, 0.3) is 0 Å². The van der Waals surface area contributed by atoms with Crippen LogP contribution in [-0.2, 0) is 4.79 Å². The summed E-state index contributed by atoms with van der Waals surface area (Å²) < 4.78 is 18.3. The zero-order valence-corrected chi connectivity index (χ0v) is 14.8. The van der Waals surface area contributed by atoms with E-state index in [1.807, 2.05) is 0 Å². The van der Waals surface area contributed by atoms with E-state index in [0.717, 1.165) is 12.8 Å². The second-order valence-corrected chi connectivity index (χ2v) is 6.21. The maximum atomic E-state index is 12.8. The number of carbonyl (C=O) groups excluding carboxylic acids is 1. The molecule has 1 unspecified atom stereocenters. The average molecular weight is 359 g/mol.